The molecule has 0 radical (unpaired) electrons. The van der Waals surface area contributed by atoms with Crippen LogP contribution >= 0.6 is 0 Å². The lowest BCUT2D eigenvalue weighted by atomic mass is 10.0. The lowest BCUT2D eigenvalue weighted by molar-refractivity contribution is 0.319. The molecule has 0 N–H and O–H groups in total. The van der Waals surface area contributed by atoms with Crippen molar-refractivity contribution >= 4 is 0 Å². The zero-order valence-corrected chi connectivity index (χ0v) is 12.9. The molecular formula is C21H21N. The van der Waals surface area contributed by atoms with Crippen molar-refractivity contribution in [2.24, 2.45) is 0 Å². The zero-order valence-electron chi connectivity index (χ0n) is 12.9. The molecule has 1 nitrogen and oxygen atoms in total. The van der Waals surface area contributed by atoms with Crippen LogP contribution in [-0.2, 0) is 13.1 Å². The normalized spacial score (nSPS) is 10.8. The van der Waals surface area contributed by atoms with E-state index in [1.807, 2.05) is 0 Å². The van der Waals surface area contributed by atoms with Crippen molar-refractivity contribution in [3.05, 3.63) is 96.1 Å². The summed E-state index contributed by atoms with van der Waals surface area (Å²) in [6.07, 6.45) is 0. The maximum atomic E-state index is 2.35. The fraction of sp³-hybridized carbons (Fsp3) is 0.143. The second kappa shape index (κ2) is 7.06. The van der Waals surface area contributed by atoms with Crippen molar-refractivity contribution in [3.8, 4) is 11.1 Å². The van der Waals surface area contributed by atoms with Gasteiger partial charge in [-0.15, -0.1) is 0 Å². The molecule has 3 rings (SSSR count). The Morgan fingerprint density at radius 3 is 1.86 bits per heavy atom. The van der Waals surface area contributed by atoms with E-state index in [1.165, 1.54) is 22.3 Å². The maximum absolute atomic E-state index is 2.35. The van der Waals surface area contributed by atoms with Gasteiger partial charge in [-0.1, -0.05) is 78.9 Å². The first-order valence-electron chi connectivity index (χ1n) is 7.68. The van der Waals surface area contributed by atoms with Gasteiger partial charge in [-0.2, -0.15) is 0 Å². The second-order valence-corrected chi connectivity index (χ2v) is 5.72. The monoisotopic (exact) mass is 287 g/mol. The smallest absolute Gasteiger partial charge is 0.0234 e. The van der Waals surface area contributed by atoms with Gasteiger partial charge in [-0.3, -0.25) is 4.90 Å². The predicted molar refractivity (Wildman–Crippen MR) is 93.5 cm³/mol. The molecule has 0 aliphatic heterocycles. The van der Waals surface area contributed by atoms with Crippen molar-refractivity contribution in [2.45, 2.75) is 13.1 Å². The molecule has 0 aromatic heterocycles. The van der Waals surface area contributed by atoms with Gasteiger partial charge in [0.15, 0.2) is 0 Å². The summed E-state index contributed by atoms with van der Waals surface area (Å²) in [5.41, 5.74) is 5.25. The van der Waals surface area contributed by atoms with Gasteiger partial charge >= 0.3 is 0 Å². The van der Waals surface area contributed by atoms with Crippen molar-refractivity contribution in [2.75, 3.05) is 7.05 Å². The quantitative estimate of drug-likeness (QED) is 0.639. The third kappa shape index (κ3) is 3.84. The van der Waals surface area contributed by atoms with E-state index in [0.717, 1.165) is 13.1 Å². The molecule has 0 spiro atoms. The van der Waals surface area contributed by atoms with E-state index in [4.69, 9.17) is 0 Å². The molecule has 0 aliphatic rings. The number of hydrogen-bond donors (Lipinski definition) is 0. The molecule has 0 saturated heterocycles. The van der Waals surface area contributed by atoms with Crippen LogP contribution in [0.15, 0.2) is 84.9 Å². The molecule has 0 unspecified atom stereocenters. The van der Waals surface area contributed by atoms with Crippen molar-refractivity contribution in [3.63, 3.8) is 0 Å². The third-order valence-electron chi connectivity index (χ3n) is 3.78. The molecule has 3 aromatic carbocycles. The molecule has 0 fully saturated rings. The van der Waals surface area contributed by atoms with Crippen LogP contribution in [0.2, 0.25) is 0 Å². The fourth-order valence-electron chi connectivity index (χ4n) is 2.74. The van der Waals surface area contributed by atoms with Crippen LogP contribution in [-0.4, -0.2) is 11.9 Å². The topological polar surface area (TPSA) is 3.24 Å². The summed E-state index contributed by atoms with van der Waals surface area (Å²) in [7, 11) is 2.17. The molecule has 22 heavy (non-hydrogen) atoms. The largest absolute Gasteiger partial charge is 0.298 e. The van der Waals surface area contributed by atoms with Gasteiger partial charge in [0.2, 0.25) is 0 Å². The minimum Gasteiger partial charge on any atom is -0.298 e. The highest BCUT2D eigenvalue weighted by Crippen LogP contribution is 2.20. The van der Waals surface area contributed by atoms with Crippen LogP contribution in [0.25, 0.3) is 11.1 Å². The van der Waals surface area contributed by atoms with Crippen molar-refractivity contribution in [1.29, 1.82) is 0 Å². The summed E-state index contributed by atoms with van der Waals surface area (Å²) in [6, 6.07) is 30.0. The minimum absolute atomic E-state index is 0.954. The maximum Gasteiger partial charge on any atom is 0.0234 e. The van der Waals surface area contributed by atoms with E-state index in [1.54, 1.807) is 0 Å². The number of rotatable bonds is 5. The predicted octanol–water partition coefficient (Wildman–Crippen LogP) is 4.99. The Morgan fingerprint density at radius 2 is 1.14 bits per heavy atom. The summed E-state index contributed by atoms with van der Waals surface area (Å²) >= 11 is 0. The molecule has 110 valence electrons. The first-order valence-corrected chi connectivity index (χ1v) is 7.68. The van der Waals surface area contributed by atoms with Crippen molar-refractivity contribution in [1.82, 2.24) is 4.90 Å². The van der Waals surface area contributed by atoms with Crippen LogP contribution in [0.5, 0.6) is 0 Å². The average molecular weight is 287 g/mol. The average Bonchev–Trinajstić information content (AvgIpc) is 2.57. The highest BCUT2D eigenvalue weighted by Gasteiger charge is 2.03. The van der Waals surface area contributed by atoms with Crippen molar-refractivity contribution < 1.29 is 0 Å². The van der Waals surface area contributed by atoms with E-state index in [9.17, 15) is 0 Å². The van der Waals surface area contributed by atoms with Gasteiger partial charge in [0.25, 0.3) is 0 Å². The summed E-state index contributed by atoms with van der Waals surface area (Å²) in [6.45, 7) is 1.92. The van der Waals surface area contributed by atoms with Gasteiger partial charge in [0, 0.05) is 13.1 Å². The molecule has 0 aliphatic carbocycles. The summed E-state index contributed by atoms with van der Waals surface area (Å²) in [5, 5.41) is 0. The molecule has 0 heterocycles. The van der Waals surface area contributed by atoms with Gasteiger partial charge in [0.05, 0.1) is 0 Å². The molecule has 0 amide bonds. The SMILES string of the molecule is CN(Cc1ccccc1)Cc1cccc(-c2ccccc2)c1. The van der Waals surface area contributed by atoms with Crippen LogP contribution in [0.3, 0.4) is 0 Å². The Hall–Kier alpha value is -2.38. The third-order valence-corrected chi connectivity index (χ3v) is 3.78. The first kappa shape index (κ1) is 14.6. The Morgan fingerprint density at radius 1 is 0.591 bits per heavy atom. The van der Waals surface area contributed by atoms with Gasteiger partial charge < -0.3 is 0 Å². The fourth-order valence-corrected chi connectivity index (χ4v) is 2.74. The van der Waals surface area contributed by atoms with E-state index in [-0.39, 0.29) is 0 Å². The molecule has 0 saturated carbocycles. The van der Waals surface area contributed by atoms with E-state index in [0.29, 0.717) is 0 Å². The Bertz CT molecular complexity index is 704. The Balaban J connectivity index is 1.70. The molecule has 1 heteroatoms. The molecule has 0 atom stereocenters. The lowest BCUT2D eigenvalue weighted by Gasteiger charge is -2.17. The Kier molecular flexibility index (Phi) is 4.67. The first-order chi connectivity index (χ1) is 10.8. The van der Waals surface area contributed by atoms with Gasteiger partial charge in [0.1, 0.15) is 0 Å². The molecule has 0 bridgehead atoms. The molecule has 3 aromatic rings. The number of benzene rings is 3. The van der Waals surface area contributed by atoms with Crippen LogP contribution < -0.4 is 0 Å². The van der Waals surface area contributed by atoms with Gasteiger partial charge in [-0.05, 0) is 35.4 Å². The minimum atomic E-state index is 0.954. The highest BCUT2D eigenvalue weighted by molar-refractivity contribution is 5.63. The second-order valence-electron chi connectivity index (χ2n) is 5.72. The van der Waals surface area contributed by atoms with E-state index < -0.39 is 0 Å². The number of nitrogens with zero attached hydrogens (tertiary/aromatic N) is 1. The lowest BCUT2D eigenvalue weighted by Crippen LogP contribution is -2.17. The molecular weight excluding hydrogens is 266 g/mol. The van der Waals surface area contributed by atoms with Crippen LogP contribution in [0.4, 0.5) is 0 Å². The highest BCUT2D eigenvalue weighted by atomic mass is 15.1. The summed E-state index contributed by atoms with van der Waals surface area (Å²) < 4.78 is 0. The zero-order chi connectivity index (χ0) is 15.2. The van der Waals surface area contributed by atoms with E-state index >= 15 is 0 Å². The summed E-state index contributed by atoms with van der Waals surface area (Å²) in [4.78, 5) is 2.35. The standard InChI is InChI=1S/C21H21N/c1-22(16-18-9-4-2-5-10-18)17-19-11-8-14-21(15-19)20-12-6-3-7-13-20/h2-15H,16-17H2,1H3. The summed E-state index contributed by atoms with van der Waals surface area (Å²) in [5.74, 6) is 0. The number of hydrogen-bond acceptors (Lipinski definition) is 1. The Labute approximate surface area is 132 Å². The van der Waals surface area contributed by atoms with Gasteiger partial charge in [-0.25, -0.2) is 0 Å². The van der Waals surface area contributed by atoms with Crippen LogP contribution in [0.1, 0.15) is 11.1 Å². The van der Waals surface area contributed by atoms with E-state index in [2.05, 4.69) is 96.9 Å². The van der Waals surface area contributed by atoms with Crippen LogP contribution in [0, 0.1) is 0 Å².